The molecule has 2 aromatic carbocycles. The summed E-state index contributed by atoms with van der Waals surface area (Å²) in [5, 5.41) is 10.5. The van der Waals surface area contributed by atoms with E-state index in [4.69, 9.17) is 0 Å². The van der Waals surface area contributed by atoms with Gasteiger partial charge >= 0.3 is 0 Å². The number of aryl methyl sites for hydroxylation is 2. The normalized spacial score (nSPS) is 15.3. The van der Waals surface area contributed by atoms with E-state index >= 15 is 0 Å². The first-order valence-corrected chi connectivity index (χ1v) is 11.7. The van der Waals surface area contributed by atoms with Gasteiger partial charge in [0.05, 0.1) is 24.1 Å². The number of carbonyl (C=O) groups excluding carboxylic acids is 2. The van der Waals surface area contributed by atoms with E-state index in [-0.39, 0.29) is 29.8 Å². The van der Waals surface area contributed by atoms with Crippen molar-refractivity contribution in [3.63, 3.8) is 0 Å². The van der Waals surface area contributed by atoms with Gasteiger partial charge in [0.25, 0.3) is 5.91 Å². The Morgan fingerprint density at radius 2 is 1.97 bits per heavy atom. The molecule has 2 amide bonds. The number of nitrogens with zero attached hydrogens (tertiary/aromatic N) is 3. The number of hydrogen-bond donors (Lipinski definition) is 2. The second kappa shape index (κ2) is 8.93. The van der Waals surface area contributed by atoms with Crippen molar-refractivity contribution in [1.82, 2.24) is 15.1 Å². The van der Waals surface area contributed by atoms with E-state index in [0.717, 1.165) is 54.0 Å². The van der Waals surface area contributed by atoms with Gasteiger partial charge in [-0.3, -0.25) is 14.3 Å². The molecule has 0 bridgehead atoms. The summed E-state index contributed by atoms with van der Waals surface area (Å²) in [4.78, 5) is 27.5. The highest BCUT2D eigenvalue weighted by Crippen LogP contribution is 2.37. The first-order chi connectivity index (χ1) is 16.4. The molecule has 1 saturated carbocycles. The topological polar surface area (TPSA) is 79.3 Å². The minimum absolute atomic E-state index is 0.0201. The number of amides is 2. The number of benzene rings is 2. The molecule has 0 unspecified atom stereocenters. The van der Waals surface area contributed by atoms with E-state index in [1.54, 1.807) is 27.9 Å². The third-order valence-corrected chi connectivity index (χ3v) is 6.76. The predicted molar refractivity (Wildman–Crippen MR) is 128 cm³/mol. The van der Waals surface area contributed by atoms with Crippen molar-refractivity contribution in [2.75, 3.05) is 10.2 Å². The maximum absolute atomic E-state index is 14.9. The lowest BCUT2D eigenvalue weighted by molar-refractivity contribution is -0.124. The van der Waals surface area contributed by atoms with E-state index in [2.05, 4.69) is 15.7 Å². The summed E-state index contributed by atoms with van der Waals surface area (Å²) >= 11 is 0. The molecule has 0 spiro atoms. The molecule has 2 heterocycles. The Labute approximate surface area is 198 Å². The summed E-state index contributed by atoms with van der Waals surface area (Å²) in [6.07, 6.45) is 5.66. The van der Waals surface area contributed by atoms with Crippen LogP contribution in [-0.2, 0) is 24.9 Å². The smallest absolute Gasteiger partial charge is 0.258 e. The molecule has 3 aromatic rings. The third kappa shape index (κ3) is 4.16. The number of rotatable bonds is 4. The zero-order chi connectivity index (χ0) is 23.8. The second-order valence-corrected chi connectivity index (χ2v) is 9.18. The van der Waals surface area contributed by atoms with Crippen LogP contribution in [0.4, 0.5) is 21.6 Å². The van der Waals surface area contributed by atoms with Crippen LogP contribution >= 0.6 is 0 Å². The first-order valence-electron chi connectivity index (χ1n) is 11.7. The van der Waals surface area contributed by atoms with Crippen LogP contribution in [-0.4, -0.2) is 21.6 Å². The highest BCUT2D eigenvalue weighted by molar-refractivity contribution is 6.08. The van der Waals surface area contributed by atoms with Gasteiger partial charge in [0.1, 0.15) is 11.6 Å². The summed E-state index contributed by atoms with van der Waals surface area (Å²) in [5.74, 6) is 0.0253. The van der Waals surface area contributed by atoms with Crippen molar-refractivity contribution in [3.8, 4) is 0 Å². The molecule has 1 fully saturated rings. The number of hydrogen-bond acceptors (Lipinski definition) is 4. The zero-order valence-corrected chi connectivity index (χ0v) is 19.4. The standard InChI is InChI=1S/C26H28FN5O2/c1-16-7-10-23-22(11-16)30-24-20(14-29-31(24)2)15-32(23)26(34)18-8-9-19(21(27)12-18)13-28-25(33)17-5-3-4-6-17/h7-12,14,17,30H,3-6,13,15H2,1-2H3,(H,28,33). The summed E-state index contributed by atoms with van der Waals surface area (Å²) < 4.78 is 16.7. The van der Waals surface area contributed by atoms with Gasteiger partial charge in [-0.25, -0.2) is 4.39 Å². The molecule has 2 aliphatic rings. The Hall–Kier alpha value is -3.68. The van der Waals surface area contributed by atoms with Crippen LogP contribution in [0.1, 0.15) is 52.7 Å². The van der Waals surface area contributed by atoms with Crippen LogP contribution < -0.4 is 15.5 Å². The third-order valence-electron chi connectivity index (χ3n) is 6.76. The van der Waals surface area contributed by atoms with E-state index in [1.807, 2.05) is 32.2 Å². The van der Waals surface area contributed by atoms with Crippen LogP contribution in [0.2, 0.25) is 0 Å². The van der Waals surface area contributed by atoms with Gasteiger partial charge in [-0.15, -0.1) is 0 Å². The maximum Gasteiger partial charge on any atom is 0.258 e. The van der Waals surface area contributed by atoms with Crippen molar-refractivity contribution in [2.45, 2.75) is 45.7 Å². The van der Waals surface area contributed by atoms with E-state index in [0.29, 0.717) is 12.1 Å². The van der Waals surface area contributed by atoms with Crippen molar-refractivity contribution < 1.29 is 14.0 Å². The molecule has 1 aliphatic heterocycles. The van der Waals surface area contributed by atoms with Gasteiger partial charge in [-0.1, -0.05) is 25.0 Å². The predicted octanol–water partition coefficient (Wildman–Crippen LogP) is 4.58. The zero-order valence-electron chi connectivity index (χ0n) is 19.4. The van der Waals surface area contributed by atoms with E-state index in [1.165, 1.54) is 6.07 Å². The molecule has 1 aromatic heterocycles. The molecule has 0 radical (unpaired) electrons. The first kappa shape index (κ1) is 22.1. The lowest BCUT2D eigenvalue weighted by Crippen LogP contribution is -2.30. The SMILES string of the molecule is Cc1ccc2c(c1)Nc1c(cnn1C)CN2C(=O)c1ccc(CNC(=O)C2CCCC2)c(F)c1. The number of aromatic nitrogens is 2. The van der Waals surface area contributed by atoms with E-state index in [9.17, 15) is 14.0 Å². The Balaban J connectivity index is 1.39. The maximum atomic E-state index is 14.9. The molecule has 2 N–H and O–H groups in total. The number of halogens is 1. The monoisotopic (exact) mass is 461 g/mol. The van der Waals surface area contributed by atoms with E-state index < -0.39 is 5.82 Å². The largest absolute Gasteiger partial charge is 0.352 e. The fraction of sp³-hybridized carbons (Fsp3) is 0.346. The van der Waals surface area contributed by atoms with Crippen molar-refractivity contribution >= 4 is 29.0 Å². The van der Waals surface area contributed by atoms with Gasteiger partial charge in [0, 0.05) is 36.2 Å². The molecule has 8 heteroatoms. The fourth-order valence-corrected chi connectivity index (χ4v) is 4.80. The minimum atomic E-state index is -0.503. The number of fused-ring (bicyclic) bond motifs is 2. The molecule has 0 saturated heterocycles. The lowest BCUT2D eigenvalue weighted by Gasteiger charge is -2.23. The molecule has 5 rings (SSSR count). The molecule has 0 atom stereocenters. The molecule has 7 nitrogen and oxygen atoms in total. The number of anilines is 3. The molecule has 34 heavy (non-hydrogen) atoms. The van der Waals surface area contributed by atoms with Gasteiger partial charge in [0.2, 0.25) is 5.91 Å². The van der Waals surface area contributed by atoms with Gasteiger partial charge in [-0.05, 0) is 49.6 Å². The van der Waals surface area contributed by atoms with Crippen molar-refractivity contribution in [1.29, 1.82) is 0 Å². The lowest BCUT2D eigenvalue weighted by atomic mass is 10.1. The van der Waals surface area contributed by atoms with Gasteiger partial charge < -0.3 is 15.5 Å². The number of carbonyl (C=O) groups is 2. The van der Waals surface area contributed by atoms with Crippen LogP contribution in [0.5, 0.6) is 0 Å². The highest BCUT2D eigenvalue weighted by atomic mass is 19.1. The minimum Gasteiger partial charge on any atom is -0.352 e. The molecule has 176 valence electrons. The van der Waals surface area contributed by atoms with Crippen LogP contribution in [0, 0.1) is 18.7 Å². The van der Waals surface area contributed by atoms with Gasteiger partial charge in [0.15, 0.2) is 0 Å². The molecular formula is C26H28FN5O2. The quantitative estimate of drug-likeness (QED) is 0.596. The second-order valence-electron chi connectivity index (χ2n) is 9.18. The summed E-state index contributed by atoms with van der Waals surface area (Å²) in [6.45, 7) is 2.42. The van der Waals surface area contributed by atoms with Crippen molar-refractivity contribution in [2.24, 2.45) is 13.0 Å². The van der Waals surface area contributed by atoms with Crippen LogP contribution in [0.25, 0.3) is 0 Å². The highest BCUT2D eigenvalue weighted by Gasteiger charge is 2.28. The summed E-state index contributed by atoms with van der Waals surface area (Å²) in [5.41, 5.74) is 4.06. The Kier molecular flexibility index (Phi) is 5.81. The fourth-order valence-electron chi connectivity index (χ4n) is 4.80. The van der Waals surface area contributed by atoms with Gasteiger partial charge in [-0.2, -0.15) is 5.10 Å². The average Bonchev–Trinajstić information content (AvgIpc) is 3.44. The summed E-state index contributed by atoms with van der Waals surface area (Å²) in [6, 6.07) is 10.3. The van der Waals surface area contributed by atoms with Crippen LogP contribution in [0.3, 0.4) is 0 Å². The Bertz CT molecular complexity index is 1260. The molecule has 1 aliphatic carbocycles. The Morgan fingerprint density at radius 3 is 2.74 bits per heavy atom. The summed E-state index contributed by atoms with van der Waals surface area (Å²) in [7, 11) is 1.85. The average molecular weight is 462 g/mol. The molecular weight excluding hydrogens is 433 g/mol. The van der Waals surface area contributed by atoms with Crippen LogP contribution in [0.15, 0.2) is 42.6 Å². The Morgan fingerprint density at radius 1 is 1.18 bits per heavy atom. The number of nitrogens with one attached hydrogen (secondary N) is 2. The van der Waals surface area contributed by atoms with Crippen molar-refractivity contribution in [3.05, 3.63) is 70.7 Å².